The second kappa shape index (κ2) is 6.83. The molecule has 1 unspecified atom stereocenters. The van der Waals surface area contributed by atoms with Gasteiger partial charge in [0.25, 0.3) is 0 Å². The Labute approximate surface area is 164 Å². The molecule has 0 aliphatic carbocycles. The third kappa shape index (κ3) is 3.13. The third-order valence-electron chi connectivity index (χ3n) is 4.55. The van der Waals surface area contributed by atoms with Gasteiger partial charge in [0.15, 0.2) is 0 Å². The molecule has 3 aromatic heterocycles. The molecule has 4 heterocycles. The Balaban J connectivity index is 1.44. The first kappa shape index (κ1) is 16.5. The lowest BCUT2D eigenvalue weighted by molar-refractivity contribution is 0.316. The maximum atomic E-state index is 6.32. The molecular formula is C19H16ClN5OS. The molecule has 0 spiro atoms. The van der Waals surface area contributed by atoms with Gasteiger partial charge >= 0.3 is 0 Å². The summed E-state index contributed by atoms with van der Waals surface area (Å²) in [6.45, 7) is 0.671. The van der Waals surface area contributed by atoms with Crippen LogP contribution in [0.1, 0.15) is 24.4 Å². The van der Waals surface area contributed by atoms with E-state index < -0.39 is 0 Å². The lowest BCUT2D eigenvalue weighted by atomic mass is 10.0. The predicted molar refractivity (Wildman–Crippen MR) is 107 cm³/mol. The molecule has 0 saturated carbocycles. The maximum absolute atomic E-state index is 6.32. The van der Waals surface area contributed by atoms with Crippen LogP contribution in [0.3, 0.4) is 0 Å². The van der Waals surface area contributed by atoms with Crippen LogP contribution in [0.2, 0.25) is 5.02 Å². The SMILES string of the molecule is Clc1cccc2c1OCCCC2Nc1nn2cc(-c3cccnc3)nc2s1. The molecule has 27 heavy (non-hydrogen) atoms. The Bertz CT molecular complexity index is 1060. The molecule has 136 valence electrons. The molecule has 1 atom stereocenters. The van der Waals surface area contributed by atoms with E-state index in [0.29, 0.717) is 11.6 Å². The van der Waals surface area contributed by atoms with E-state index in [1.165, 1.54) is 11.3 Å². The van der Waals surface area contributed by atoms with Gasteiger partial charge in [-0.2, -0.15) is 0 Å². The number of pyridine rings is 1. The number of hydrogen-bond acceptors (Lipinski definition) is 6. The minimum absolute atomic E-state index is 0.106. The van der Waals surface area contributed by atoms with E-state index in [0.717, 1.165) is 45.5 Å². The molecule has 4 aromatic rings. The maximum Gasteiger partial charge on any atom is 0.214 e. The molecule has 5 rings (SSSR count). The Kier molecular flexibility index (Phi) is 4.18. The van der Waals surface area contributed by atoms with Crippen molar-refractivity contribution in [1.29, 1.82) is 0 Å². The van der Waals surface area contributed by atoms with Crippen LogP contribution in [-0.2, 0) is 0 Å². The first-order chi connectivity index (χ1) is 13.3. The largest absolute Gasteiger partial charge is 0.492 e. The minimum Gasteiger partial charge on any atom is -0.492 e. The number of rotatable bonds is 3. The molecule has 0 radical (unpaired) electrons. The van der Waals surface area contributed by atoms with E-state index in [-0.39, 0.29) is 6.04 Å². The van der Waals surface area contributed by atoms with E-state index in [2.05, 4.69) is 26.4 Å². The van der Waals surface area contributed by atoms with Crippen LogP contribution >= 0.6 is 22.9 Å². The fourth-order valence-corrected chi connectivity index (χ4v) is 4.35. The Hall–Kier alpha value is -2.64. The van der Waals surface area contributed by atoms with Crippen molar-refractivity contribution in [3.05, 3.63) is 59.5 Å². The van der Waals surface area contributed by atoms with E-state index >= 15 is 0 Å². The van der Waals surface area contributed by atoms with Crippen LogP contribution in [-0.4, -0.2) is 26.2 Å². The lowest BCUT2D eigenvalue weighted by Crippen LogP contribution is -2.10. The summed E-state index contributed by atoms with van der Waals surface area (Å²) < 4.78 is 7.65. The molecule has 6 nitrogen and oxygen atoms in total. The van der Waals surface area contributed by atoms with Gasteiger partial charge in [-0.25, -0.2) is 9.50 Å². The highest BCUT2D eigenvalue weighted by molar-refractivity contribution is 7.20. The number of halogens is 1. The molecule has 1 aliphatic heterocycles. The molecular weight excluding hydrogens is 382 g/mol. The minimum atomic E-state index is 0.106. The van der Waals surface area contributed by atoms with Crippen molar-refractivity contribution >= 4 is 33.0 Å². The zero-order valence-electron chi connectivity index (χ0n) is 14.3. The monoisotopic (exact) mass is 397 g/mol. The number of imidazole rings is 1. The average molecular weight is 398 g/mol. The molecule has 1 aromatic carbocycles. The second-order valence-corrected chi connectivity index (χ2v) is 7.71. The van der Waals surface area contributed by atoms with Crippen molar-refractivity contribution in [1.82, 2.24) is 19.6 Å². The number of aromatic nitrogens is 4. The number of hydrogen-bond donors (Lipinski definition) is 1. The summed E-state index contributed by atoms with van der Waals surface area (Å²) in [6, 6.07) is 9.88. The highest BCUT2D eigenvalue weighted by Crippen LogP contribution is 2.39. The Morgan fingerprint density at radius 3 is 3.07 bits per heavy atom. The normalized spacial score (nSPS) is 16.6. The quantitative estimate of drug-likeness (QED) is 0.536. The van der Waals surface area contributed by atoms with Crippen LogP contribution in [0.4, 0.5) is 5.13 Å². The average Bonchev–Trinajstić information content (AvgIpc) is 3.17. The number of benzene rings is 1. The Morgan fingerprint density at radius 2 is 2.22 bits per heavy atom. The van der Waals surface area contributed by atoms with Gasteiger partial charge in [-0.15, -0.1) is 5.10 Å². The van der Waals surface area contributed by atoms with Crippen LogP contribution in [0.25, 0.3) is 16.2 Å². The van der Waals surface area contributed by atoms with Gasteiger partial charge in [0.2, 0.25) is 10.1 Å². The van der Waals surface area contributed by atoms with Crippen molar-refractivity contribution < 1.29 is 4.74 Å². The Morgan fingerprint density at radius 1 is 1.26 bits per heavy atom. The summed E-state index contributed by atoms with van der Waals surface area (Å²) in [5.41, 5.74) is 2.92. The van der Waals surface area contributed by atoms with E-state index in [9.17, 15) is 0 Å². The summed E-state index contributed by atoms with van der Waals surface area (Å²) in [5.74, 6) is 0.773. The fourth-order valence-electron chi connectivity index (χ4n) is 3.28. The number of para-hydroxylation sites is 1. The van der Waals surface area contributed by atoms with Crippen LogP contribution in [0.15, 0.2) is 48.9 Å². The summed E-state index contributed by atoms with van der Waals surface area (Å²) in [6.07, 6.45) is 7.39. The van der Waals surface area contributed by atoms with Gasteiger partial charge in [-0.3, -0.25) is 4.98 Å². The van der Waals surface area contributed by atoms with Crippen LogP contribution in [0.5, 0.6) is 5.75 Å². The van der Waals surface area contributed by atoms with E-state index in [1.54, 1.807) is 16.9 Å². The third-order valence-corrected chi connectivity index (χ3v) is 5.71. The summed E-state index contributed by atoms with van der Waals surface area (Å²) >= 11 is 7.85. The molecule has 0 saturated heterocycles. The van der Waals surface area contributed by atoms with Gasteiger partial charge < -0.3 is 10.1 Å². The zero-order chi connectivity index (χ0) is 18.2. The number of ether oxygens (including phenoxy) is 1. The molecule has 0 bridgehead atoms. The fraction of sp³-hybridized carbons (Fsp3) is 0.211. The van der Waals surface area contributed by atoms with Crippen molar-refractivity contribution in [3.8, 4) is 17.0 Å². The number of nitrogens with one attached hydrogen (secondary N) is 1. The smallest absolute Gasteiger partial charge is 0.214 e. The summed E-state index contributed by atoms with van der Waals surface area (Å²) in [5, 5.41) is 9.66. The van der Waals surface area contributed by atoms with Gasteiger partial charge in [0.05, 0.1) is 29.6 Å². The van der Waals surface area contributed by atoms with E-state index in [4.69, 9.17) is 16.3 Å². The molecule has 1 aliphatic rings. The van der Waals surface area contributed by atoms with Crippen molar-refractivity contribution in [3.63, 3.8) is 0 Å². The van der Waals surface area contributed by atoms with Crippen LogP contribution < -0.4 is 10.1 Å². The summed E-state index contributed by atoms with van der Waals surface area (Å²) in [4.78, 5) is 9.65. The number of anilines is 1. The highest BCUT2D eigenvalue weighted by atomic mass is 35.5. The standard InChI is InChI=1S/C19H16ClN5OS/c20-14-6-1-5-13-15(7-3-9-26-17(13)14)22-18-24-25-11-16(23-19(25)27-18)12-4-2-8-21-10-12/h1-2,4-6,8,10-11,15H,3,7,9H2,(H,22,24). The van der Waals surface area contributed by atoms with Gasteiger partial charge in [-0.05, 0) is 31.0 Å². The highest BCUT2D eigenvalue weighted by Gasteiger charge is 2.23. The zero-order valence-corrected chi connectivity index (χ0v) is 15.9. The second-order valence-electron chi connectivity index (χ2n) is 6.35. The molecule has 0 amide bonds. The van der Waals surface area contributed by atoms with Crippen molar-refractivity contribution in [2.45, 2.75) is 18.9 Å². The molecule has 8 heteroatoms. The van der Waals surface area contributed by atoms with Gasteiger partial charge in [0.1, 0.15) is 5.75 Å². The predicted octanol–water partition coefficient (Wildman–Crippen LogP) is 4.83. The number of nitrogens with zero attached hydrogens (tertiary/aromatic N) is 4. The molecule has 1 N–H and O–H groups in total. The van der Waals surface area contributed by atoms with Gasteiger partial charge in [0, 0.05) is 23.5 Å². The van der Waals surface area contributed by atoms with Crippen molar-refractivity contribution in [2.24, 2.45) is 0 Å². The van der Waals surface area contributed by atoms with Crippen LogP contribution in [0, 0.1) is 0 Å². The number of fused-ring (bicyclic) bond motifs is 2. The van der Waals surface area contributed by atoms with E-state index in [1.807, 2.05) is 30.5 Å². The van der Waals surface area contributed by atoms with Gasteiger partial charge in [-0.1, -0.05) is 35.1 Å². The molecule has 0 fully saturated rings. The lowest BCUT2D eigenvalue weighted by Gasteiger charge is -2.18. The first-order valence-corrected chi connectivity index (χ1v) is 9.92. The summed E-state index contributed by atoms with van der Waals surface area (Å²) in [7, 11) is 0. The first-order valence-electron chi connectivity index (χ1n) is 8.72. The topological polar surface area (TPSA) is 64.3 Å². The van der Waals surface area contributed by atoms with Crippen molar-refractivity contribution in [2.75, 3.05) is 11.9 Å².